The van der Waals surface area contributed by atoms with E-state index in [-0.39, 0.29) is 34.0 Å². The average Bonchev–Trinajstić information content (AvgIpc) is 3.06. The van der Waals surface area contributed by atoms with Gasteiger partial charge in [-0.2, -0.15) is 0 Å². The molecule has 2 aromatic rings. The number of hydrogen-bond donors (Lipinski definition) is 2. The Morgan fingerprint density at radius 2 is 1.82 bits per heavy atom. The number of ether oxygens (including phenoxy) is 1. The van der Waals surface area contributed by atoms with Gasteiger partial charge >= 0.3 is 5.97 Å². The van der Waals surface area contributed by atoms with Gasteiger partial charge in [-0.25, -0.2) is 4.79 Å². The molecule has 3 N–H and O–H groups in total. The minimum atomic E-state index is -0.657. The maximum atomic E-state index is 12.7. The van der Waals surface area contributed by atoms with E-state index < -0.39 is 11.9 Å². The summed E-state index contributed by atoms with van der Waals surface area (Å²) in [5.41, 5.74) is 6.99. The van der Waals surface area contributed by atoms with Crippen molar-refractivity contribution in [3.8, 4) is 0 Å². The second-order valence-electron chi connectivity index (χ2n) is 7.99. The molecule has 3 rings (SSSR count). The summed E-state index contributed by atoms with van der Waals surface area (Å²) in [6.07, 6.45) is -0.343. The first kappa shape index (κ1) is 25.3. The predicted octanol–water partition coefficient (Wildman–Crippen LogP) is 3.79. The molecule has 2 amide bonds. The number of hydrogen-bond acceptors (Lipinski definition) is 7. The highest BCUT2D eigenvalue weighted by Gasteiger charge is 2.27. The zero-order valence-corrected chi connectivity index (χ0v) is 20.9. The smallest absolute Gasteiger partial charge is 0.341 e. The lowest BCUT2D eigenvalue weighted by atomic mass is 10.1. The molecule has 8 nitrogen and oxygen atoms in total. The highest BCUT2D eigenvalue weighted by Crippen LogP contribution is 2.34. The van der Waals surface area contributed by atoms with E-state index in [9.17, 15) is 14.4 Å². The molecule has 33 heavy (non-hydrogen) atoms. The zero-order valence-electron chi connectivity index (χ0n) is 18.6. The molecule has 178 valence electrons. The number of rotatable bonds is 7. The molecule has 1 saturated heterocycles. The van der Waals surface area contributed by atoms with Gasteiger partial charge in [0.15, 0.2) is 0 Å². The van der Waals surface area contributed by atoms with Crippen LogP contribution in [0.2, 0.25) is 10.0 Å². The quantitative estimate of drug-likeness (QED) is 0.546. The van der Waals surface area contributed by atoms with Crippen molar-refractivity contribution in [2.75, 3.05) is 42.9 Å². The van der Waals surface area contributed by atoms with Crippen molar-refractivity contribution in [2.45, 2.75) is 26.9 Å². The number of carbonyl (C=O) groups excluding carboxylic acids is 3. The van der Waals surface area contributed by atoms with Crippen molar-refractivity contribution in [1.29, 1.82) is 0 Å². The summed E-state index contributed by atoms with van der Waals surface area (Å²) >= 11 is 13.1. The molecule has 0 unspecified atom stereocenters. The molecule has 0 atom stereocenters. The van der Waals surface area contributed by atoms with E-state index in [4.69, 9.17) is 33.7 Å². The Balaban J connectivity index is 1.64. The number of amides is 2. The van der Waals surface area contributed by atoms with Gasteiger partial charge < -0.3 is 20.7 Å². The Labute approximate surface area is 206 Å². The van der Waals surface area contributed by atoms with Crippen LogP contribution in [0.1, 0.15) is 39.4 Å². The number of carbonyl (C=O) groups is 3. The second-order valence-corrected chi connectivity index (χ2v) is 9.82. The summed E-state index contributed by atoms with van der Waals surface area (Å²) in [6.45, 7) is 8.01. The van der Waals surface area contributed by atoms with Gasteiger partial charge in [0.05, 0.1) is 33.1 Å². The van der Waals surface area contributed by atoms with Gasteiger partial charge in [0, 0.05) is 31.9 Å². The minimum Gasteiger partial charge on any atom is -0.459 e. The van der Waals surface area contributed by atoms with Crippen molar-refractivity contribution >= 4 is 63.0 Å². The van der Waals surface area contributed by atoms with Crippen LogP contribution in [0.3, 0.4) is 0 Å². The van der Waals surface area contributed by atoms with Crippen molar-refractivity contribution in [2.24, 2.45) is 5.73 Å². The maximum Gasteiger partial charge on any atom is 0.341 e. The van der Waals surface area contributed by atoms with Crippen LogP contribution >= 0.6 is 34.5 Å². The molecule has 11 heteroatoms. The van der Waals surface area contributed by atoms with Gasteiger partial charge in [-0.15, -0.1) is 11.3 Å². The van der Waals surface area contributed by atoms with Crippen LogP contribution in [0.25, 0.3) is 0 Å². The van der Waals surface area contributed by atoms with Crippen LogP contribution < -0.4 is 16.0 Å². The fourth-order valence-corrected chi connectivity index (χ4v) is 4.93. The molecular weight excluding hydrogens is 487 g/mol. The first-order valence-electron chi connectivity index (χ1n) is 10.4. The van der Waals surface area contributed by atoms with Gasteiger partial charge in [-0.1, -0.05) is 23.2 Å². The minimum absolute atomic E-state index is 0.150. The predicted molar refractivity (Wildman–Crippen MR) is 132 cm³/mol. The standard InChI is InChI=1S/C22H26Cl2N4O4S/c1-12(2)32-22(31)18-13(3)19(20(25)30)33-21(18)26-17(29)11-27-6-8-28(9-7-27)14-4-5-15(23)16(24)10-14/h4-5,10,12H,6-9,11H2,1-3H3,(H2,25,30)(H,26,29). The van der Waals surface area contributed by atoms with Crippen LogP contribution in [-0.2, 0) is 9.53 Å². The number of nitrogens with two attached hydrogens (primary N) is 1. The van der Waals surface area contributed by atoms with Gasteiger partial charge in [0.2, 0.25) is 5.91 Å². The molecule has 0 bridgehead atoms. The van der Waals surface area contributed by atoms with Crippen molar-refractivity contribution in [3.05, 3.63) is 44.2 Å². The van der Waals surface area contributed by atoms with E-state index in [0.29, 0.717) is 28.7 Å². The van der Waals surface area contributed by atoms with E-state index in [1.165, 1.54) is 0 Å². The first-order chi connectivity index (χ1) is 15.6. The lowest BCUT2D eigenvalue weighted by Crippen LogP contribution is -2.48. The normalized spacial score (nSPS) is 14.4. The fourth-order valence-electron chi connectivity index (χ4n) is 3.57. The number of anilines is 2. The highest BCUT2D eigenvalue weighted by molar-refractivity contribution is 7.18. The van der Waals surface area contributed by atoms with Crippen LogP contribution in [0.5, 0.6) is 0 Å². The maximum absolute atomic E-state index is 12.7. The first-order valence-corrected chi connectivity index (χ1v) is 12.0. The molecule has 1 aromatic carbocycles. The van der Waals surface area contributed by atoms with Crippen LogP contribution in [0, 0.1) is 6.92 Å². The number of nitrogens with one attached hydrogen (secondary N) is 1. The molecular formula is C22H26Cl2N4O4S. The van der Waals surface area contributed by atoms with E-state index in [1.807, 2.05) is 17.0 Å². The molecule has 1 aromatic heterocycles. The average molecular weight is 513 g/mol. The van der Waals surface area contributed by atoms with E-state index in [0.717, 1.165) is 30.1 Å². The number of nitrogens with zero attached hydrogens (tertiary/aromatic N) is 2. The third kappa shape index (κ3) is 6.17. The number of halogens is 2. The number of primary amides is 1. The molecule has 0 spiro atoms. The second kappa shape index (κ2) is 10.7. The van der Waals surface area contributed by atoms with Gasteiger partial charge in [-0.3, -0.25) is 14.5 Å². The van der Waals surface area contributed by atoms with Gasteiger partial charge in [0.25, 0.3) is 5.91 Å². The molecule has 1 aliphatic heterocycles. The Morgan fingerprint density at radius 3 is 2.39 bits per heavy atom. The lowest BCUT2D eigenvalue weighted by Gasteiger charge is -2.35. The number of esters is 1. The van der Waals surface area contributed by atoms with Crippen LogP contribution in [0.4, 0.5) is 10.7 Å². The summed E-state index contributed by atoms with van der Waals surface area (Å²) < 4.78 is 5.28. The molecule has 0 saturated carbocycles. The SMILES string of the molecule is Cc1c(C(N)=O)sc(NC(=O)CN2CCN(c3ccc(Cl)c(Cl)c3)CC2)c1C(=O)OC(C)C. The van der Waals surface area contributed by atoms with E-state index >= 15 is 0 Å². The molecule has 1 fully saturated rings. The molecule has 1 aliphatic rings. The van der Waals surface area contributed by atoms with Crippen molar-refractivity contribution in [3.63, 3.8) is 0 Å². The monoisotopic (exact) mass is 512 g/mol. The van der Waals surface area contributed by atoms with Crippen LogP contribution in [0.15, 0.2) is 18.2 Å². The van der Waals surface area contributed by atoms with Gasteiger partial charge in [-0.05, 0) is 44.5 Å². The summed E-state index contributed by atoms with van der Waals surface area (Å²) in [5, 5.41) is 4.05. The number of piperazine rings is 1. The molecule has 2 heterocycles. The van der Waals surface area contributed by atoms with Crippen LogP contribution in [-0.4, -0.2) is 61.5 Å². The Kier molecular flexibility index (Phi) is 8.23. The summed E-state index contributed by atoms with van der Waals surface area (Å²) in [5.74, 6) is -1.54. The summed E-state index contributed by atoms with van der Waals surface area (Å²) in [6, 6.07) is 5.52. The third-order valence-electron chi connectivity index (χ3n) is 5.18. The third-order valence-corrected chi connectivity index (χ3v) is 7.14. The highest BCUT2D eigenvalue weighted by atomic mass is 35.5. The Hall–Kier alpha value is -2.33. The Morgan fingerprint density at radius 1 is 1.15 bits per heavy atom. The number of thiophene rings is 1. The largest absolute Gasteiger partial charge is 0.459 e. The summed E-state index contributed by atoms with van der Waals surface area (Å²) in [4.78, 5) is 41.5. The molecule has 0 radical (unpaired) electrons. The summed E-state index contributed by atoms with van der Waals surface area (Å²) in [7, 11) is 0. The van der Waals surface area contributed by atoms with Gasteiger partial charge in [0.1, 0.15) is 5.00 Å². The van der Waals surface area contributed by atoms with Crippen molar-refractivity contribution in [1.82, 2.24) is 4.90 Å². The zero-order chi connectivity index (χ0) is 24.3. The Bertz CT molecular complexity index is 1060. The fraction of sp³-hybridized carbons (Fsp3) is 0.409. The van der Waals surface area contributed by atoms with E-state index in [2.05, 4.69) is 10.2 Å². The topological polar surface area (TPSA) is 105 Å². The van der Waals surface area contributed by atoms with E-state index in [1.54, 1.807) is 26.8 Å². The molecule has 0 aliphatic carbocycles. The van der Waals surface area contributed by atoms with Crippen molar-refractivity contribution < 1.29 is 19.1 Å². The number of benzene rings is 1. The lowest BCUT2D eigenvalue weighted by molar-refractivity contribution is -0.117.